The topological polar surface area (TPSA) is 37.3 Å². The van der Waals surface area contributed by atoms with Crippen molar-refractivity contribution in [1.82, 2.24) is 0 Å². The molecule has 0 aliphatic heterocycles. The summed E-state index contributed by atoms with van der Waals surface area (Å²) in [6.07, 6.45) is 0.250. The van der Waals surface area contributed by atoms with E-state index in [9.17, 15) is 13.6 Å². The summed E-state index contributed by atoms with van der Waals surface area (Å²) in [6.45, 7) is 2.33. The molecule has 1 atom stereocenters. The van der Waals surface area contributed by atoms with Crippen molar-refractivity contribution in [3.63, 3.8) is 0 Å². The summed E-state index contributed by atoms with van der Waals surface area (Å²) in [7, 11) is 0. The number of carbonyl (C=O) groups is 1. The number of alkyl halides is 1. The smallest absolute Gasteiger partial charge is 0.306 e. The van der Waals surface area contributed by atoms with E-state index in [0.717, 1.165) is 0 Å². The normalized spacial score (nSPS) is 12.5. The molecule has 0 aliphatic rings. The second kappa shape index (κ2) is 5.05. The first-order valence-corrected chi connectivity index (χ1v) is 5.02. The van der Waals surface area contributed by atoms with Crippen LogP contribution >= 0.6 is 0 Å². The third-order valence-electron chi connectivity index (χ3n) is 2.58. The largest absolute Gasteiger partial charge is 0.481 e. The Hall–Kier alpha value is -1.45. The summed E-state index contributed by atoms with van der Waals surface area (Å²) in [4.78, 5) is 10.6. The van der Waals surface area contributed by atoms with Crippen molar-refractivity contribution < 1.29 is 18.7 Å². The highest BCUT2D eigenvalue weighted by Crippen LogP contribution is 2.19. The molecule has 1 aromatic rings. The molecule has 1 aromatic carbocycles. The Balaban J connectivity index is 2.96. The average Bonchev–Trinajstić information content (AvgIpc) is 2.16. The van der Waals surface area contributed by atoms with Gasteiger partial charge in [-0.3, -0.25) is 4.79 Å². The Morgan fingerprint density at radius 3 is 2.56 bits per heavy atom. The van der Waals surface area contributed by atoms with Gasteiger partial charge in [-0.15, -0.1) is 0 Å². The van der Waals surface area contributed by atoms with Gasteiger partial charge in [0.2, 0.25) is 0 Å². The van der Waals surface area contributed by atoms with Crippen LogP contribution in [0.25, 0.3) is 0 Å². The fourth-order valence-corrected chi connectivity index (χ4v) is 1.57. The summed E-state index contributed by atoms with van der Waals surface area (Å²) in [5.41, 5.74) is 1.16. The van der Waals surface area contributed by atoms with Crippen molar-refractivity contribution in [2.75, 3.05) is 0 Å². The summed E-state index contributed by atoms with van der Waals surface area (Å²) >= 11 is 0. The molecule has 0 fully saturated rings. The first kappa shape index (κ1) is 12.6. The minimum Gasteiger partial charge on any atom is -0.481 e. The Labute approximate surface area is 92.9 Å². The molecule has 0 spiro atoms. The second-order valence-electron chi connectivity index (χ2n) is 3.95. The number of aliphatic carboxylic acids is 1. The minimum absolute atomic E-state index is 0.0479. The maximum atomic E-state index is 13.4. The van der Waals surface area contributed by atoms with Crippen LogP contribution in [0.15, 0.2) is 12.1 Å². The zero-order valence-electron chi connectivity index (χ0n) is 9.26. The van der Waals surface area contributed by atoms with E-state index in [2.05, 4.69) is 0 Å². The molecule has 88 valence electrons. The molecule has 1 rings (SSSR count). The van der Waals surface area contributed by atoms with Gasteiger partial charge in [0.1, 0.15) is 12.5 Å². The molecule has 1 unspecified atom stereocenters. The lowest BCUT2D eigenvalue weighted by atomic mass is 9.97. The van der Waals surface area contributed by atoms with Gasteiger partial charge in [0.05, 0.1) is 5.92 Å². The lowest BCUT2D eigenvalue weighted by molar-refractivity contribution is -0.141. The first-order valence-electron chi connectivity index (χ1n) is 5.02. The van der Waals surface area contributed by atoms with Gasteiger partial charge in [-0.05, 0) is 30.5 Å². The van der Waals surface area contributed by atoms with E-state index in [-0.39, 0.29) is 12.0 Å². The van der Waals surface area contributed by atoms with Gasteiger partial charge in [0.15, 0.2) is 0 Å². The Morgan fingerprint density at radius 2 is 2.12 bits per heavy atom. The predicted octanol–water partition coefficient (Wildman–Crippen LogP) is 2.87. The molecule has 0 bridgehead atoms. The molecule has 0 saturated heterocycles. The van der Waals surface area contributed by atoms with Crippen LogP contribution < -0.4 is 0 Å². The van der Waals surface area contributed by atoms with E-state index < -0.39 is 24.4 Å². The number of aryl methyl sites for hydroxylation is 1. The lowest BCUT2D eigenvalue weighted by Gasteiger charge is -2.10. The standard InChI is InChI=1S/C12H14F2O2/c1-7-3-9(4-8(2)12(15)16)5-11(14)10(7)6-13/h3,5,8H,4,6H2,1-2H3,(H,15,16). The number of carboxylic acid groups (broad SMARTS) is 1. The molecule has 4 heteroatoms. The molecule has 2 nitrogen and oxygen atoms in total. The van der Waals surface area contributed by atoms with Crippen LogP contribution in [-0.4, -0.2) is 11.1 Å². The van der Waals surface area contributed by atoms with Gasteiger partial charge in [-0.25, -0.2) is 8.78 Å². The van der Waals surface area contributed by atoms with Crippen molar-refractivity contribution in [3.05, 3.63) is 34.6 Å². The van der Waals surface area contributed by atoms with Crippen molar-refractivity contribution in [3.8, 4) is 0 Å². The number of carboxylic acids is 1. The molecule has 0 radical (unpaired) electrons. The van der Waals surface area contributed by atoms with Crippen LogP contribution in [0.3, 0.4) is 0 Å². The fourth-order valence-electron chi connectivity index (χ4n) is 1.57. The van der Waals surface area contributed by atoms with Crippen LogP contribution in [-0.2, 0) is 17.9 Å². The van der Waals surface area contributed by atoms with Crippen molar-refractivity contribution >= 4 is 5.97 Å². The Bertz CT molecular complexity index is 379. The molecule has 0 aliphatic carbocycles. The highest BCUT2D eigenvalue weighted by atomic mass is 19.1. The maximum absolute atomic E-state index is 13.4. The van der Waals surface area contributed by atoms with Gasteiger partial charge < -0.3 is 5.11 Å². The lowest BCUT2D eigenvalue weighted by Crippen LogP contribution is -2.12. The number of hydrogen-bond acceptors (Lipinski definition) is 1. The third-order valence-corrected chi connectivity index (χ3v) is 2.58. The van der Waals surface area contributed by atoms with Gasteiger partial charge in [-0.1, -0.05) is 13.0 Å². The van der Waals surface area contributed by atoms with Crippen LogP contribution in [0.5, 0.6) is 0 Å². The molecule has 0 heterocycles. The molecule has 0 amide bonds. The highest BCUT2D eigenvalue weighted by molar-refractivity contribution is 5.69. The first-order chi connectivity index (χ1) is 7.45. The van der Waals surface area contributed by atoms with E-state index in [4.69, 9.17) is 5.11 Å². The predicted molar refractivity (Wildman–Crippen MR) is 56.5 cm³/mol. The SMILES string of the molecule is Cc1cc(CC(C)C(=O)O)cc(F)c1CF. The Kier molecular flexibility index (Phi) is 3.99. The zero-order chi connectivity index (χ0) is 12.3. The van der Waals surface area contributed by atoms with Crippen molar-refractivity contribution in [2.45, 2.75) is 26.9 Å². The third kappa shape index (κ3) is 2.78. The van der Waals surface area contributed by atoms with Crippen molar-refractivity contribution in [1.29, 1.82) is 0 Å². The molecular formula is C12H14F2O2. The number of rotatable bonds is 4. The Morgan fingerprint density at radius 1 is 1.50 bits per heavy atom. The fraction of sp³-hybridized carbons (Fsp3) is 0.417. The van der Waals surface area contributed by atoms with Gasteiger partial charge in [0.25, 0.3) is 0 Å². The quantitative estimate of drug-likeness (QED) is 0.860. The van der Waals surface area contributed by atoms with E-state index in [1.807, 2.05) is 0 Å². The van der Waals surface area contributed by atoms with Crippen LogP contribution in [0.4, 0.5) is 8.78 Å². The number of hydrogen-bond donors (Lipinski definition) is 1. The molecule has 16 heavy (non-hydrogen) atoms. The summed E-state index contributed by atoms with van der Waals surface area (Å²) in [5, 5.41) is 8.73. The molecule has 0 aromatic heterocycles. The van der Waals surface area contributed by atoms with Gasteiger partial charge in [0, 0.05) is 5.56 Å². The molecular weight excluding hydrogens is 214 g/mol. The second-order valence-corrected chi connectivity index (χ2v) is 3.95. The maximum Gasteiger partial charge on any atom is 0.306 e. The van der Waals surface area contributed by atoms with Crippen LogP contribution in [0.1, 0.15) is 23.6 Å². The summed E-state index contributed by atoms with van der Waals surface area (Å²) in [6, 6.07) is 2.85. The van der Waals surface area contributed by atoms with E-state index in [1.54, 1.807) is 19.9 Å². The average molecular weight is 228 g/mol. The summed E-state index contributed by atoms with van der Waals surface area (Å²) < 4.78 is 25.8. The molecule has 0 saturated carbocycles. The van der Waals surface area contributed by atoms with Crippen LogP contribution in [0, 0.1) is 18.7 Å². The van der Waals surface area contributed by atoms with Gasteiger partial charge >= 0.3 is 5.97 Å². The van der Waals surface area contributed by atoms with Crippen molar-refractivity contribution in [2.24, 2.45) is 5.92 Å². The van der Waals surface area contributed by atoms with E-state index in [1.165, 1.54) is 6.07 Å². The van der Waals surface area contributed by atoms with E-state index >= 15 is 0 Å². The molecule has 1 N–H and O–H groups in total. The number of benzene rings is 1. The zero-order valence-corrected chi connectivity index (χ0v) is 9.26. The van der Waals surface area contributed by atoms with Crippen LogP contribution in [0.2, 0.25) is 0 Å². The number of halogens is 2. The van der Waals surface area contributed by atoms with E-state index in [0.29, 0.717) is 11.1 Å². The minimum atomic E-state index is -0.923. The summed E-state index contributed by atoms with van der Waals surface area (Å²) in [5.74, 6) is -2.10. The monoisotopic (exact) mass is 228 g/mol. The van der Waals surface area contributed by atoms with Gasteiger partial charge in [-0.2, -0.15) is 0 Å². The highest BCUT2D eigenvalue weighted by Gasteiger charge is 2.14.